The highest BCUT2D eigenvalue weighted by Gasteiger charge is 2.49. The molecule has 2 nitrogen and oxygen atoms in total. The summed E-state index contributed by atoms with van der Waals surface area (Å²) < 4.78 is 6.99. The molecule has 0 radical (unpaired) electrons. The summed E-state index contributed by atoms with van der Waals surface area (Å²) >= 11 is 9.69. The highest BCUT2D eigenvalue weighted by Crippen LogP contribution is 2.45. The normalized spacial score (nSPS) is 24.6. The average Bonchev–Trinajstić information content (AvgIpc) is 2.34. The fourth-order valence-corrected chi connectivity index (χ4v) is 3.24. The molecule has 1 aliphatic carbocycles. The fraction of sp³-hybridized carbons (Fsp3) is 0.625. The lowest BCUT2D eigenvalue weighted by Crippen LogP contribution is -2.58. The Bertz CT molecular complexity index is 476. The van der Waals surface area contributed by atoms with Gasteiger partial charge in [-0.3, -0.25) is 0 Å². The molecule has 1 N–H and O–H groups in total. The Hall–Kier alpha value is -0.250. The van der Waals surface area contributed by atoms with Crippen LogP contribution in [0.4, 0.5) is 5.69 Å². The maximum atomic E-state index is 6.26. The Morgan fingerprint density at radius 1 is 1.45 bits per heavy atom. The van der Waals surface area contributed by atoms with Crippen molar-refractivity contribution in [2.75, 3.05) is 11.9 Å². The van der Waals surface area contributed by atoms with Crippen molar-refractivity contribution in [2.45, 2.75) is 46.3 Å². The van der Waals surface area contributed by atoms with E-state index >= 15 is 0 Å². The van der Waals surface area contributed by atoms with Gasteiger partial charge in [0.1, 0.15) is 0 Å². The monoisotopic (exact) mass is 359 g/mol. The van der Waals surface area contributed by atoms with E-state index in [1.165, 1.54) is 0 Å². The zero-order valence-corrected chi connectivity index (χ0v) is 14.9. The van der Waals surface area contributed by atoms with E-state index in [4.69, 9.17) is 16.3 Å². The Morgan fingerprint density at radius 2 is 2.15 bits per heavy atom. The van der Waals surface area contributed by atoms with Crippen LogP contribution in [-0.4, -0.2) is 18.8 Å². The third-order valence-corrected chi connectivity index (χ3v) is 4.88. The maximum absolute atomic E-state index is 6.26. The average molecular weight is 361 g/mol. The van der Waals surface area contributed by atoms with Gasteiger partial charge >= 0.3 is 0 Å². The molecule has 1 aromatic carbocycles. The zero-order chi connectivity index (χ0) is 14.9. The van der Waals surface area contributed by atoms with E-state index in [1.54, 1.807) is 0 Å². The van der Waals surface area contributed by atoms with Crippen molar-refractivity contribution in [2.24, 2.45) is 11.3 Å². The van der Waals surface area contributed by atoms with Crippen LogP contribution in [0.15, 0.2) is 22.7 Å². The number of hydrogen-bond acceptors (Lipinski definition) is 2. The maximum Gasteiger partial charge on any atom is 0.0665 e. The van der Waals surface area contributed by atoms with Gasteiger partial charge in [-0.1, -0.05) is 55.2 Å². The van der Waals surface area contributed by atoms with Crippen LogP contribution >= 0.6 is 27.5 Å². The number of benzene rings is 1. The summed E-state index contributed by atoms with van der Waals surface area (Å²) in [6, 6.07) is 6.35. The SMILES string of the molecule is CC(C)COC1CC(Nc2ccc(Br)cc2Cl)C1(C)C. The molecule has 1 aromatic rings. The lowest BCUT2D eigenvalue weighted by Gasteiger charge is -2.52. The second-order valence-electron chi connectivity index (χ2n) is 6.59. The van der Waals surface area contributed by atoms with Crippen molar-refractivity contribution in [1.29, 1.82) is 0 Å². The second-order valence-corrected chi connectivity index (χ2v) is 7.92. The second kappa shape index (κ2) is 6.25. The van der Waals surface area contributed by atoms with Crippen molar-refractivity contribution in [3.05, 3.63) is 27.7 Å². The van der Waals surface area contributed by atoms with E-state index in [0.29, 0.717) is 18.1 Å². The Labute approximate surface area is 135 Å². The smallest absolute Gasteiger partial charge is 0.0665 e. The summed E-state index contributed by atoms with van der Waals surface area (Å²) in [7, 11) is 0. The molecule has 2 atom stereocenters. The van der Waals surface area contributed by atoms with Gasteiger partial charge in [0.05, 0.1) is 16.8 Å². The summed E-state index contributed by atoms with van der Waals surface area (Å²) in [4.78, 5) is 0. The van der Waals surface area contributed by atoms with E-state index in [1.807, 2.05) is 18.2 Å². The minimum absolute atomic E-state index is 0.130. The van der Waals surface area contributed by atoms with E-state index in [-0.39, 0.29) is 5.41 Å². The van der Waals surface area contributed by atoms with E-state index in [0.717, 1.165) is 28.2 Å². The van der Waals surface area contributed by atoms with Crippen LogP contribution in [0, 0.1) is 11.3 Å². The molecule has 2 unspecified atom stereocenters. The van der Waals surface area contributed by atoms with Gasteiger partial charge in [0, 0.05) is 22.5 Å². The molecule has 1 saturated carbocycles. The highest BCUT2D eigenvalue weighted by atomic mass is 79.9. The molecule has 1 aliphatic rings. The Kier molecular flexibility index (Phi) is 5.04. The molecule has 0 aliphatic heterocycles. The van der Waals surface area contributed by atoms with Crippen LogP contribution in [0.1, 0.15) is 34.1 Å². The zero-order valence-electron chi connectivity index (χ0n) is 12.5. The quantitative estimate of drug-likeness (QED) is 0.763. The van der Waals surface area contributed by atoms with Crippen LogP contribution in [0.25, 0.3) is 0 Å². The molecule has 0 spiro atoms. The van der Waals surface area contributed by atoms with Crippen molar-refractivity contribution in [3.8, 4) is 0 Å². The first-order valence-corrected chi connectivity index (χ1v) is 8.31. The molecule has 0 heterocycles. The molecule has 0 aromatic heterocycles. The highest BCUT2D eigenvalue weighted by molar-refractivity contribution is 9.10. The molecule has 4 heteroatoms. The van der Waals surface area contributed by atoms with Crippen LogP contribution < -0.4 is 5.32 Å². The summed E-state index contributed by atoms with van der Waals surface area (Å²) in [5.74, 6) is 0.582. The molecule has 1 fully saturated rings. The first-order chi connectivity index (χ1) is 9.30. The fourth-order valence-electron chi connectivity index (χ4n) is 2.52. The minimum atomic E-state index is 0.130. The Morgan fingerprint density at radius 3 is 2.70 bits per heavy atom. The number of nitrogens with one attached hydrogen (secondary N) is 1. The van der Waals surface area contributed by atoms with Gasteiger partial charge in [-0.25, -0.2) is 0 Å². The van der Waals surface area contributed by atoms with Crippen molar-refractivity contribution in [1.82, 2.24) is 0 Å². The van der Waals surface area contributed by atoms with Crippen LogP contribution in [0.2, 0.25) is 5.02 Å². The summed E-state index contributed by atoms with van der Waals surface area (Å²) in [6.07, 6.45) is 1.36. The predicted octanol–water partition coefficient (Wildman–Crippen LogP) is 5.35. The lowest BCUT2D eigenvalue weighted by molar-refractivity contribution is -0.108. The molecule has 20 heavy (non-hydrogen) atoms. The standard InChI is InChI=1S/C16H23BrClNO/c1-10(2)9-20-15-8-14(16(15,3)4)19-13-6-5-11(17)7-12(13)18/h5-7,10,14-15,19H,8-9H2,1-4H3. The summed E-state index contributed by atoms with van der Waals surface area (Å²) in [5, 5.41) is 4.30. The number of hydrogen-bond donors (Lipinski definition) is 1. The van der Waals surface area contributed by atoms with Gasteiger partial charge in [0.25, 0.3) is 0 Å². The molecular formula is C16H23BrClNO. The van der Waals surface area contributed by atoms with Gasteiger partial charge in [0.2, 0.25) is 0 Å². The first kappa shape index (κ1) is 16.1. The number of ether oxygens (including phenoxy) is 1. The van der Waals surface area contributed by atoms with Crippen molar-refractivity contribution in [3.63, 3.8) is 0 Å². The number of halogens is 2. The lowest BCUT2D eigenvalue weighted by atomic mass is 9.64. The summed E-state index contributed by atoms with van der Waals surface area (Å²) in [5.41, 5.74) is 1.13. The van der Waals surface area contributed by atoms with E-state index < -0.39 is 0 Å². The first-order valence-electron chi connectivity index (χ1n) is 7.14. The third-order valence-electron chi connectivity index (χ3n) is 4.07. The molecule has 0 amide bonds. The molecule has 2 rings (SSSR count). The van der Waals surface area contributed by atoms with Crippen molar-refractivity contribution < 1.29 is 4.74 Å². The van der Waals surface area contributed by atoms with Gasteiger partial charge in [0.15, 0.2) is 0 Å². The van der Waals surface area contributed by atoms with Crippen LogP contribution in [0.5, 0.6) is 0 Å². The van der Waals surface area contributed by atoms with E-state index in [2.05, 4.69) is 48.9 Å². The van der Waals surface area contributed by atoms with Gasteiger partial charge < -0.3 is 10.1 Å². The van der Waals surface area contributed by atoms with Crippen LogP contribution in [-0.2, 0) is 4.74 Å². The topological polar surface area (TPSA) is 21.3 Å². The van der Waals surface area contributed by atoms with Gasteiger partial charge in [-0.2, -0.15) is 0 Å². The van der Waals surface area contributed by atoms with E-state index in [9.17, 15) is 0 Å². The summed E-state index contributed by atoms with van der Waals surface area (Å²) in [6.45, 7) is 9.71. The number of rotatable bonds is 5. The number of anilines is 1. The van der Waals surface area contributed by atoms with Crippen LogP contribution in [0.3, 0.4) is 0 Å². The van der Waals surface area contributed by atoms with Crippen molar-refractivity contribution >= 4 is 33.2 Å². The minimum Gasteiger partial charge on any atom is -0.380 e. The largest absolute Gasteiger partial charge is 0.380 e. The van der Waals surface area contributed by atoms with Gasteiger partial charge in [-0.05, 0) is 30.5 Å². The predicted molar refractivity (Wildman–Crippen MR) is 89.5 cm³/mol. The molecule has 0 saturated heterocycles. The van der Waals surface area contributed by atoms with Gasteiger partial charge in [-0.15, -0.1) is 0 Å². The molecule has 112 valence electrons. The molecule has 0 bridgehead atoms. The third kappa shape index (κ3) is 3.49. The Balaban J connectivity index is 1.95. The molecular weight excluding hydrogens is 338 g/mol.